The zero-order valence-corrected chi connectivity index (χ0v) is 23.0. The summed E-state index contributed by atoms with van der Waals surface area (Å²) in [5, 5.41) is 0.455. The van der Waals surface area contributed by atoms with Gasteiger partial charge < -0.3 is 9.47 Å². The first-order valence-electron chi connectivity index (χ1n) is 12.8. The molecule has 4 aromatic rings. The molecule has 0 bridgehead atoms. The SMILES string of the molecule is C=C(Cl)/C=C\C(=CC)c1cc2ncn(-c3ccc4c(c3)nc(C)n4CCN3CCCCCC3)c(=O)c2s1. The maximum absolute atomic E-state index is 13.5. The van der Waals surface area contributed by atoms with E-state index in [-0.39, 0.29) is 5.56 Å². The van der Waals surface area contributed by atoms with Gasteiger partial charge in [-0.05, 0) is 75.7 Å². The van der Waals surface area contributed by atoms with Crippen LogP contribution in [0.1, 0.15) is 43.3 Å². The van der Waals surface area contributed by atoms with E-state index in [0.717, 1.165) is 46.1 Å². The van der Waals surface area contributed by atoms with Crippen LogP contribution < -0.4 is 5.56 Å². The van der Waals surface area contributed by atoms with Gasteiger partial charge >= 0.3 is 0 Å². The number of nitrogens with zero attached hydrogens (tertiary/aromatic N) is 5. The first kappa shape index (κ1) is 25.6. The molecule has 1 aliphatic rings. The first-order valence-corrected chi connectivity index (χ1v) is 14.0. The number of hydrogen-bond donors (Lipinski definition) is 0. The highest BCUT2D eigenvalue weighted by molar-refractivity contribution is 7.20. The van der Waals surface area contributed by atoms with Gasteiger partial charge in [0.25, 0.3) is 5.56 Å². The van der Waals surface area contributed by atoms with Gasteiger partial charge in [0.2, 0.25) is 0 Å². The number of aryl methyl sites for hydroxylation is 1. The molecule has 0 atom stereocenters. The van der Waals surface area contributed by atoms with Gasteiger partial charge in [-0.3, -0.25) is 9.36 Å². The summed E-state index contributed by atoms with van der Waals surface area (Å²) in [4.78, 5) is 26.4. The van der Waals surface area contributed by atoms with Crippen LogP contribution in [0.3, 0.4) is 0 Å². The van der Waals surface area contributed by atoms with Crippen LogP contribution in [0.25, 0.3) is 32.5 Å². The molecule has 0 amide bonds. The monoisotopic (exact) mass is 533 g/mol. The van der Waals surface area contributed by atoms with E-state index < -0.39 is 0 Å². The lowest BCUT2D eigenvalue weighted by atomic mass is 10.2. The largest absolute Gasteiger partial charge is 0.327 e. The topological polar surface area (TPSA) is 56.0 Å². The number of rotatable bonds is 7. The molecule has 0 saturated carbocycles. The zero-order chi connectivity index (χ0) is 25.9. The summed E-state index contributed by atoms with van der Waals surface area (Å²) in [6, 6.07) is 7.99. The van der Waals surface area contributed by atoms with Crippen LogP contribution in [-0.4, -0.2) is 43.6 Å². The van der Waals surface area contributed by atoms with Crippen LogP contribution in [0.15, 0.2) is 65.2 Å². The summed E-state index contributed by atoms with van der Waals surface area (Å²) in [7, 11) is 0. The molecule has 6 nitrogen and oxygen atoms in total. The molecule has 0 aliphatic carbocycles. The third-order valence-corrected chi connectivity index (χ3v) is 8.30. The van der Waals surface area contributed by atoms with Gasteiger partial charge in [-0.2, -0.15) is 0 Å². The maximum atomic E-state index is 13.5. The Kier molecular flexibility index (Phi) is 7.74. The number of imidazole rings is 1. The molecule has 1 saturated heterocycles. The van der Waals surface area contributed by atoms with Crippen LogP contribution in [0, 0.1) is 6.92 Å². The summed E-state index contributed by atoms with van der Waals surface area (Å²) in [5.74, 6) is 0.998. The highest BCUT2D eigenvalue weighted by Gasteiger charge is 2.15. The van der Waals surface area contributed by atoms with Crippen molar-refractivity contribution in [3.8, 4) is 5.69 Å². The molecule has 1 aromatic carbocycles. The molecule has 0 unspecified atom stereocenters. The van der Waals surface area contributed by atoms with Gasteiger partial charge in [-0.1, -0.05) is 43.2 Å². The van der Waals surface area contributed by atoms with Gasteiger partial charge in [-0.15, -0.1) is 11.3 Å². The normalized spacial score (nSPS) is 15.7. The second-order valence-electron chi connectivity index (χ2n) is 9.51. The number of aromatic nitrogens is 4. The summed E-state index contributed by atoms with van der Waals surface area (Å²) < 4.78 is 4.52. The van der Waals surface area contributed by atoms with Crippen molar-refractivity contribution in [2.24, 2.45) is 0 Å². The van der Waals surface area contributed by atoms with Crippen molar-refractivity contribution in [1.29, 1.82) is 0 Å². The molecule has 1 fully saturated rings. The minimum absolute atomic E-state index is 0.0842. The Morgan fingerprint density at radius 2 is 1.89 bits per heavy atom. The maximum Gasteiger partial charge on any atom is 0.275 e. The fourth-order valence-electron chi connectivity index (χ4n) is 5.01. The lowest BCUT2D eigenvalue weighted by Gasteiger charge is -2.20. The highest BCUT2D eigenvalue weighted by Crippen LogP contribution is 2.29. The van der Waals surface area contributed by atoms with Gasteiger partial charge in [0, 0.05) is 23.0 Å². The van der Waals surface area contributed by atoms with Crippen LogP contribution >= 0.6 is 22.9 Å². The van der Waals surface area contributed by atoms with Crippen LogP contribution in [0.5, 0.6) is 0 Å². The average molecular weight is 534 g/mol. The molecular weight excluding hydrogens is 502 g/mol. The lowest BCUT2D eigenvalue weighted by Crippen LogP contribution is -2.28. The molecule has 3 aromatic heterocycles. The lowest BCUT2D eigenvalue weighted by molar-refractivity contribution is 0.274. The highest BCUT2D eigenvalue weighted by atomic mass is 35.5. The van der Waals surface area contributed by atoms with Gasteiger partial charge in [-0.25, -0.2) is 9.97 Å². The first-order chi connectivity index (χ1) is 17.9. The summed E-state index contributed by atoms with van der Waals surface area (Å²) in [6.07, 6.45) is 12.5. The van der Waals surface area contributed by atoms with E-state index in [0.29, 0.717) is 15.2 Å². The Morgan fingerprint density at radius 3 is 2.62 bits per heavy atom. The molecule has 0 radical (unpaired) electrons. The second kappa shape index (κ2) is 11.2. The molecule has 8 heteroatoms. The van der Waals surface area contributed by atoms with E-state index in [2.05, 4.69) is 34.0 Å². The predicted octanol–water partition coefficient (Wildman–Crippen LogP) is 6.69. The molecular formula is C29H32ClN5OS. The molecule has 5 rings (SSSR count). The number of halogens is 1. The Labute approximate surface area is 226 Å². The number of hydrogen-bond acceptors (Lipinski definition) is 5. The minimum atomic E-state index is -0.0842. The Bertz CT molecular complexity index is 1570. The molecule has 4 heterocycles. The molecule has 0 spiro atoms. The fraction of sp³-hybridized carbons (Fsp3) is 0.345. The van der Waals surface area contributed by atoms with Crippen molar-refractivity contribution in [3.63, 3.8) is 0 Å². The number of fused-ring (bicyclic) bond motifs is 2. The Morgan fingerprint density at radius 1 is 1.11 bits per heavy atom. The average Bonchev–Trinajstić information content (AvgIpc) is 3.33. The number of benzene rings is 1. The second-order valence-corrected chi connectivity index (χ2v) is 11.0. The third kappa shape index (κ3) is 5.49. The summed E-state index contributed by atoms with van der Waals surface area (Å²) >= 11 is 7.33. The smallest absolute Gasteiger partial charge is 0.275 e. The van der Waals surface area contributed by atoms with E-state index in [4.69, 9.17) is 16.6 Å². The zero-order valence-electron chi connectivity index (χ0n) is 21.4. The Hall–Kier alpha value is -3.00. The van der Waals surface area contributed by atoms with E-state index >= 15 is 0 Å². The fourth-order valence-corrected chi connectivity index (χ4v) is 6.17. The van der Waals surface area contributed by atoms with Crippen LogP contribution in [0.2, 0.25) is 0 Å². The molecule has 1 aliphatic heterocycles. The van der Waals surface area contributed by atoms with E-state index in [1.807, 2.05) is 37.3 Å². The van der Waals surface area contributed by atoms with Crippen molar-refractivity contribution in [2.75, 3.05) is 19.6 Å². The van der Waals surface area contributed by atoms with Crippen molar-refractivity contribution >= 4 is 49.8 Å². The van der Waals surface area contributed by atoms with Gasteiger partial charge in [0.05, 0.1) is 22.2 Å². The van der Waals surface area contributed by atoms with Crippen LogP contribution in [0.4, 0.5) is 0 Å². The minimum Gasteiger partial charge on any atom is -0.327 e. The molecule has 192 valence electrons. The summed E-state index contributed by atoms with van der Waals surface area (Å²) in [5.41, 5.74) is 4.34. The Balaban J connectivity index is 1.44. The predicted molar refractivity (Wildman–Crippen MR) is 156 cm³/mol. The van der Waals surface area contributed by atoms with Crippen molar-refractivity contribution < 1.29 is 0 Å². The van der Waals surface area contributed by atoms with Gasteiger partial charge in [0.15, 0.2) is 0 Å². The van der Waals surface area contributed by atoms with Crippen molar-refractivity contribution in [2.45, 2.75) is 46.1 Å². The quantitative estimate of drug-likeness (QED) is 0.248. The van der Waals surface area contributed by atoms with Crippen LogP contribution in [-0.2, 0) is 6.54 Å². The van der Waals surface area contributed by atoms with Crippen molar-refractivity contribution in [3.05, 3.63) is 81.5 Å². The van der Waals surface area contributed by atoms with E-state index in [1.165, 1.54) is 50.1 Å². The number of thiophene rings is 1. The molecule has 0 N–H and O–H groups in total. The number of allylic oxidation sites excluding steroid dienone is 5. The number of likely N-dealkylation sites (tertiary alicyclic amines) is 1. The van der Waals surface area contributed by atoms with E-state index in [9.17, 15) is 4.79 Å². The van der Waals surface area contributed by atoms with Gasteiger partial charge in [0.1, 0.15) is 16.9 Å². The third-order valence-electron chi connectivity index (χ3n) is 7.02. The van der Waals surface area contributed by atoms with Crippen molar-refractivity contribution in [1.82, 2.24) is 24.0 Å². The van der Waals surface area contributed by atoms with E-state index in [1.54, 1.807) is 17.0 Å². The molecule has 37 heavy (non-hydrogen) atoms. The standard InChI is InChI=1S/C29H32ClN5OS/c1-4-22(10-9-20(2)30)27-18-25-28(37-27)29(36)35(19-31-25)23-11-12-26-24(17-23)32-21(3)34(26)16-15-33-13-7-5-6-8-14-33/h4,9-12,17-19H,2,5-8,13-16H2,1,3H3/b10-9-,22-4?. The summed E-state index contributed by atoms with van der Waals surface area (Å²) in [6.45, 7) is 12.0.